The highest BCUT2D eigenvalue weighted by Crippen LogP contribution is 2.33. The lowest BCUT2D eigenvalue weighted by Crippen LogP contribution is -2.13. The van der Waals surface area contributed by atoms with Gasteiger partial charge in [0.25, 0.3) is 5.91 Å². The molecule has 128 valence electrons. The molecule has 0 aliphatic heterocycles. The van der Waals surface area contributed by atoms with Crippen LogP contribution in [0.3, 0.4) is 0 Å². The maximum absolute atomic E-state index is 13.9. The molecule has 1 aromatic heterocycles. The third-order valence-corrected chi connectivity index (χ3v) is 4.52. The Morgan fingerprint density at radius 2 is 1.96 bits per heavy atom. The van der Waals surface area contributed by atoms with Crippen LogP contribution in [-0.2, 0) is 0 Å². The summed E-state index contributed by atoms with van der Waals surface area (Å²) in [7, 11) is 0. The largest absolute Gasteiger partial charge is 0.389 e. The molecular weight excluding hydrogens is 339 g/mol. The molecule has 0 saturated heterocycles. The summed E-state index contributed by atoms with van der Waals surface area (Å²) in [6.07, 6.45) is 0. The van der Waals surface area contributed by atoms with Crippen LogP contribution < -0.4 is 16.8 Å². The fraction of sp³-hybridized carbons (Fsp3) is 0.111. The predicted molar refractivity (Wildman–Crippen MR) is 99.6 cm³/mol. The van der Waals surface area contributed by atoms with Crippen molar-refractivity contribution in [1.82, 2.24) is 4.37 Å². The lowest BCUT2D eigenvalue weighted by molar-refractivity contribution is 0.100. The predicted octanol–water partition coefficient (Wildman–Crippen LogP) is 3.99. The van der Waals surface area contributed by atoms with Gasteiger partial charge in [-0.3, -0.25) is 4.79 Å². The molecule has 1 heterocycles. The zero-order valence-electron chi connectivity index (χ0n) is 13.8. The van der Waals surface area contributed by atoms with E-state index in [-0.39, 0.29) is 11.4 Å². The third-order valence-electron chi connectivity index (χ3n) is 3.85. The van der Waals surface area contributed by atoms with Gasteiger partial charge >= 0.3 is 0 Å². The fourth-order valence-electron chi connectivity index (χ4n) is 2.62. The van der Waals surface area contributed by atoms with Crippen LogP contribution in [0.4, 0.5) is 20.8 Å². The molecule has 25 heavy (non-hydrogen) atoms. The maximum Gasteiger partial charge on any atom is 0.253 e. The number of carbonyl (C=O) groups excluding carboxylic acids is 1. The highest BCUT2D eigenvalue weighted by molar-refractivity contribution is 7.10. The molecule has 5 nitrogen and oxygen atoms in total. The highest BCUT2D eigenvalue weighted by Gasteiger charge is 2.19. The number of anilines is 3. The van der Waals surface area contributed by atoms with Crippen molar-refractivity contribution in [3.8, 4) is 11.3 Å². The van der Waals surface area contributed by atoms with E-state index in [1.54, 1.807) is 18.2 Å². The quantitative estimate of drug-likeness (QED) is 0.659. The molecular formula is C18H17FN4OS. The van der Waals surface area contributed by atoms with Crippen LogP contribution in [0.25, 0.3) is 11.3 Å². The van der Waals surface area contributed by atoms with Crippen molar-refractivity contribution in [2.45, 2.75) is 13.8 Å². The summed E-state index contributed by atoms with van der Waals surface area (Å²) in [5, 5.41) is 3.36. The number of primary amides is 1. The zero-order chi connectivity index (χ0) is 18.1. The molecule has 0 saturated carbocycles. The second kappa shape index (κ2) is 6.52. The molecule has 2 aromatic carbocycles. The molecule has 0 radical (unpaired) electrons. The van der Waals surface area contributed by atoms with E-state index in [1.165, 1.54) is 6.07 Å². The summed E-state index contributed by atoms with van der Waals surface area (Å²) < 4.78 is 18.2. The first-order chi connectivity index (χ1) is 11.9. The van der Waals surface area contributed by atoms with Gasteiger partial charge in [-0.2, -0.15) is 4.37 Å². The number of nitrogens with one attached hydrogen (secondary N) is 1. The van der Waals surface area contributed by atoms with E-state index in [4.69, 9.17) is 11.5 Å². The van der Waals surface area contributed by atoms with Gasteiger partial charge in [0, 0.05) is 11.3 Å². The minimum atomic E-state index is -0.607. The van der Waals surface area contributed by atoms with Crippen LogP contribution in [0.15, 0.2) is 36.4 Å². The second-order valence-corrected chi connectivity index (χ2v) is 6.58. The van der Waals surface area contributed by atoms with Crippen molar-refractivity contribution in [3.05, 3.63) is 58.9 Å². The molecule has 0 bridgehead atoms. The number of nitrogens with zero attached hydrogens (tertiary/aromatic N) is 1. The van der Waals surface area contributed by atoms with Gasteiger partial charge in [-0.05, 0) is 60.8 Å². The lowest BCUT2D eigenvalue weighted by atomic mass is 10.0. The molecule has 0 spiro atoms. The molecule has 0 aliphatic rings. The Morgan fingerprint density at radius 1 is 1.20 bits per heavy atom. The van der Waals surface area contributed by atoms with Crippen LogP contribution in [0, 0.1) is 19.7 Å². The average molecular weight is 356 g/mol. The Bertz CT molecular complexity index is 968. The van der Waals surface area contributed by atoms with E-state index in [1.807, 2.05) is 26.0 Å². The summed E-state index contributed by atoms with van der Waals surface area (Å²) in [6.45, 7) is 3.78. The van der Waals surface area contributed by atoms with E-state index in [0.29, 0.717) is 16.4 Å². The molecule has 3 aromatic rings. The first-order valence-electron chi connectivity index (χ1n) is 7.56. The molecule has 3 rings (SSSR count). The Balaban J connectivity index is 1.97. The first kappa shape index (κ1) is 16.9. The van der Waals surface area contributed by atoms with Crippen LogP contribution in [0.1, 0.15) is 21.5 Å². The van der Waals surface area contributed by atoms with Crippen molar-refractivity contribution in [2.75, 3.05) is 11.1 Å². The monoisotopic (exact) mass is 356 g/mol. The SMILES string of the molecule is Cc1ccc(F)c(Nc2ccc(-c3nsc(N)c3C(N)=O)c(C)c2)c1. The zero-order valence-corrected chi connectivity index (χ0v) is 14.6. The van der Waals surface area contributed by atoms with E-state index in [2.05, 4.69) is 9.69 Å². The summed E-state index contributed by atoms with van der Waals surface area (Å²) in [4.78, 5) is 11.6. The third kappa shape index (κ3) is 3.32. The summed E-state index contributed by atoms with van der Waals surface area (Å²) in [5.74, 6) is -0.930. The number of rotatable bonds is 4. The molecule has 7 heteroatoms. The Hall–Kier alpha value is -2.93. The first-order valence-corrected chi connectivity index (χ1v) is 8.33. The smallest absolute Gasteiger partial charge is 0.253 e. The number of nitrogen functional groups attached to an aromatic ring is 1. The Kier molecular flexibility index (Phi) is 4.41. The van der Waals surface area contributed by atoms with Gasteiger partial charge in [0.15, 0.2) is 0 Å². The lowest BCUT2D eigenvalue weighted by Gasteiger charge is -2.11. The highest BCUT2D eigenvalue weighted by atomic mass is 32.1. The van der Waals surface area contributed by atoms with Gasteiger partial charge in [0.1, 0.15) is 16.4 Å². The minimum Gasteiger partial charge on any atom is -0.389 e. The Morgan fingerprint density at radius 3 is 2.64 bits per heavy atom. The standard InChI is InChI=1S/C18H17FN4OS/c1-9-3-6-13(19)14(7-9)22-11-4-5-12(10(2)8-11)16-15(17(20)24)18(21)25-23-16/h3-8,22H,21H2,1-2H3,(H2,20,24). The van der Waals surface area contributed by atoms with Crippen LogP contribution >= 0.6 is 11.5 Å². The minimum absolute atomic E-state index is 0.235. The summed E-state index contributed by atoms with van der Waals surface area (Å²) in [5.41, 5.74) is 15.6. The number of aromatic nitrogens is 1. The van der Waals surface area contributed by atoms with Gasteiger partial charge < -0.3 is 16.8 Å². The van der Waals surface area contributed by atoms with Crippen molar-refractivity contribution >= 4 is 33.8 Å². The molecule has 5 N–H and O–H groups in total. The number of aryl methyl sites for hydroxylation is 2. The van der Waals surface area contributed by atoms with Crippen molar-refractivity contribution in [2.24, 2.45) is 5.73 Å². The summed E-state index contributed by atoms with van der Waals surface area (Å²) >= 11 is 1.04. The second-order valence-electron chi connectivity index (χ2n) is 5.77. The maximum atomic E-state index is 13.9. The number of carbonyl (C=O) groups is 1. The van der Waals surface area contributed by atoms with Crippen molar-refractivity contribution in [1.29, 1.82) is 0 Å². The number of halogens is 1. The number of amides is 1. The van der Waals surface area contributed by atoms with Gasteiger partial charge in [0.2, 0.25) is 0 Å². The number of hydrogen-bond acceptors (Lipinski definition) is 5. The molecule has 0 aliphatic carbocycles. The van der Waals surface area contributed by atoms with E-state index < -0.39 is 5.91 Å². The van der Waals surface area contributed by atoms with Crippen molar-refractivity contribution in [3.63, 3.8) is 0 Å². The molecule has 0 unspecified atom stereocenters. The van der Waals surface area contributed by atoms with Gasteiger partial charge in [-0.15, -0.1) is 0 Å². The normalized spacial score (nSPS) is 10.7. The van der Waals surface area contributed by atoms with E-state index in [0.717, 1.165) is 33.9 Å². The Labute approximate surface area is 148 Å². The average Bonchev–Trinajstić information content (AvgIpc) is 2.93. The molecule has 0 fully saturated rings. The van der Waals surface area contributed by atoms with Crippen LogP contribution in [0.5, 0.6) is 0 Å². The van der Waals surface area contributed by atoms with E-state index >= 15 is 0 Å². The van der Waals surface area contributed by atoms with Crippen molar-refractivity contribution < 1.29 is 9.18 Å². The number of nitrogens with two attached hydrogens (primary N) is 2. The van der Waals surface area contributed by atoms with Gasteiger partial charge in [-0.25, -0.2) is 4.39 Å². The van der Waals surface area contributed by atoms with E-state index in [9.17, 15) is 9.18 Å². The number of hydrogen-bond donors (Lipinski definition) is 3. The van der Waals surface area contributed by atoms with Gasteiger partial charge in [0.05, 0.1) is 11.4 Å². The number of benzene rings is 2. The topological polar surface area (TPSA) is 94.0 Å². The molecule has 1 amide bonds. The van der Waals surface area contributed by atoms with Gasteiger partial charge in [-0.1, -0.05) is 12.1 Å². The van der Waals surface area contributed by atoms with Crippen LogP contribution in [0.2, 0.25) is 0 Å². The molecule has 0 atom stereocenters. The summed E-state index contributed by atoms with van der Waals surface area (Å²) in [6, 6.07) is 10.3. The fourth-order valence-corrected chi connectivity index (χ4v) is 3.29. The van der Waals surface area contributed by atoms with Crippen LogP contribution in [-0.4, -0.2) is 10.3 Å².